The van der Waals surface area contributed by atoms with E-state index in [2.05, 4.69) is 31.9 Å². The third-order valence-electron chi connectivity index (χ3n) is 4.07. The highest BCUT2D eigenvalue weighted by Crippen LogP contribution is 2.19. The fourth-order valence-electron chi connectivity index (χ4n) is 2.84. The summed E-state index contributed by atoms with van der Waals surface area (Å²) >= 11 is 0. The minimum Gasteiger partial charge on any atom is -0.351 e. The first-order chi connectivity index (χ1) is 9.83. The molecule has 0 aliphatic carbocycles. The quantitative estimate of drug-likeness (QED) is 0.845. The van der Waals surface area contributed by atoms with Gasteiger partial charge in [0.1, 0.15) is 6.33 Å². The maximum atomic E-state index is 5.83. The molecule has 2 aromatic rings. The lowest BCUT2D eigenvalue weighted by molar-refractivity contribution is 0.184. The Morgan fingerprint density at radius 1 is 1.30 bits per heavy atom. The number of fused-ring (bicyclic) bond motifs is 1. The molecule has 3 rings (SSSR count). The predicted octanol–water partition coefficient (Wildman–Crippen LogP) is -0.0164. The second-order valence-corrected chi connectivity index (χ2v) is 5.13. The normalized spacial score (nSPS) is 18.6. The molecule has 1 atom stereocenters. The third kappa shape index (κ3) is 2.34. The van der Waals surface area contributed by atoms with Crippen molar-refractivity contribution in [2.75, 3.05) is 37.6 Å². The van der Waals surface area contributed by atoms with Crippen molar-refractivity contribution in [1.29, 1.82) is 0 Å². The lowest BCUT2D eigenvalue weighted by atomic mass is 10.1. The topological polar surface area (TPSA) is 75.6 Å². The Hall–Kier alpha value is -1.73. The van der Waals surface area contributed by atoms with Gasteiger partial charge in [-0.15, -0.1) is 10.2 Å². The van der Waals surface area contributed by atoms with Crippen molar-refractivity contribution < 1.29 is 0 Å². The van der Waals surface area contributed by atoms with E-state index in [0.717, 1.165) is 50.6 Å². The lowest BCUT2D eigenvalue weighted by Crippen LogP contribution is -2.52. The summed E-state index contributed by atoms with van der Waals surface area (Å²) < 4.78 is 1.91. The molecule has 20 heavy (non-hydrogen) atoms. The zero-order valence-electron chi connectivity index (χ0n) is 11.8. The van der Waals surface area contributed by atoms with Gasteiger partial charge >= 0.3 is 0 Å². The lowest BCUT2D eigenvalue weighted by Gasteiger charge is -2.39. The number of nitrogens with zero attached hydrogens (tertiary/aromatic N) is 6. The van der Waals surface area contributed by atoms with Crippen molar-refractivity contribution in [3.63, 3.8) is 0 Å². The fourth-order valence-corrected chi connectivity index (χ4v) is 2.84. The van der Waals surface area contributed by atoms with E-state index in [1.807, 2.05) is 10.6 Å². The van der Waals surface area contributed by atoms with Gasteiger partial charge < -0.3 is 10.6 Å². The molecule has 1 aliphatic heterocycles. The van der Waals surface area contributed by atoms with E-state index in [-0.39, 0.29) is 0 Å². The van der Waals surface area contributed by atoms with Gasteiger partial charge in [0.2, 0.25) is 5.65 Å². The van der Waals surface area contributed by atoms with Crippen LogP contribution in [0.15, 0.2) is 18.7 Å². The van der Waals surface area contributed by atoms with Gasteiger partial charge in [0.25, 0.3) is 0 Å². The Kier molecular flexibility index (Phi) is 3.79. The molecule has 7 heteroatoms. The van der Waals surface area contributed by atoms with Crippen LogP contribution in [0.2, 0.25) is 0 Å². The number of piperazine rings is 1. The Morgan fingerprint density at radius 2 is 2.10 bits per heavy atom. The summed E-state index contributed by atoms with van der Waals surface area (Å²) in [5, 5.41) is 8.10. The first-order valence-electron chi connectivity index (χ1n) is 7.17. The molecule has 1 fully saturated rings. The molecule has 108 valence electrons. The zero-order chi connectivity index (χ0) is 13.9. The van der Waals surface area contributed by atoms with Crippen molar-refractivity contribution >= 4 is 11.5 Å². The smallest absolute Gasteiger partial charge is 0.203 e. The summed E-state index contributed by atoms with van der Waals surface area (Å²) in [6, 6.07) is 0.494. The van der Waals surface area contributed by atoms with Gasteiger partial charge in [0.15, 0.2) is 5.82 Å². The first-order valence-corrected chi connectivity index (χ1v) is 7.17. The summed E-state index contributed by atoms with van der Waals surface area (Å²) in [7, 11) is 0. The Bertz CT molecular complexity index is 555. The molecule has 0 bridgehead atoms. The van der Waals surface area contributed by atoms with Crippen LogP contribution in [0.1, 0.15) is 13.3 Å². The summed E-state index contributed by atoms with van der Waals surface area (Å²) in [6.07, 6.45) is 6.48. The SMILES string of the molecule is CCC(CN)N1CCN(c2nccn3cnnc23)CC1. The Balaban J connectivity index is 1.73. The summed E-state index contributed by atoms with van der Waals surface area (Å²) in [5.41, 5.74) is 6.66. The van der Waals surface area contributed by atoms with E-state index in [0.29, 0.717) is 6.04 Å². The number of anilines is 1. The van der Waals surface area contributed by atoms with Crippen LogP contribution >= 0.6 is 0 Å². The summed E-state index contributed by atoms with van der Waals surface area (Å²) in [5.74, 6) is 0.922. The second kappa shape index (κ2) is 5.72. The minimum absolute atomic E-state index is 0.494. The van der Waals surface area contributed by atoms with Crippen molar-refractivity contribution in [2.45, 2.75) is 19.4 Å². The summed E-state index contributed by atoms with van der Waals surface area (Å²) in [6.45, 7) is 6.88. The average Bonchev–Trinajstić information content (AvgIpc) is 2.98. The molecule has 2 aromatic heterocycles. The number of nitrogens with two attached hydrogens (primary N) is 1. The van der Waals surface area contributed by atoms with Crippen LogP contribution in [0.25, 0.3) is 5.65 Å². The monoisotopic (exact) mass is 275 g/mol. The van der Waals surface area contributed by atoms with Gasteiger partial charge in [0, 0.05) is 51.2 Å². The molecule has 0 spiro atoms. The Labute approximate surface area is 118 Å². The van der Waals surface area contributed by atoms with E-state index >= 15 is 0 Å². The molecule has 7 nitrogen and oxygen atoms in total. The third-order valence-corrected chi connectivity index (χ3v) is 4.07. The molecule has 0 saturated carbocycles. The molecular weight excluding hydrogens is 254 g/mol. The van der Waals surface area contributed by atoms with Crippen LogP contribution in [-0.4, -0.2) is 63.2 Å². The van der Waals surface area contributed by atoms with Crippen LogP contribution in [0.3, 0.4) is 0 Å². The minimum atomic E-state index is 0.494. The predicted molar refractivity (Wildman–Crippen MR) is 77.7 cm³/mol. The van der Waals surface area contributed by atoms with Crippen molar-refractivity contribution in [2.24, 2.45) is 5.73 Å². The van der Waals surface area contributed by atoms with Crippen LogP contribution < -0.4 is 10.6 Å². The highest BCUT2D eigenvalue weighted by atomic mass is 15.3. The highest BCUT2D eigenvalue weighted by molar-refractivity contribution is 5.63. The molecular formula is C13H21N7. The average molecular weight is 275 g/mol. The van der Waals surface area contributed by atoms with Crippen LogP contribution in [0.5, 0.6) is 0 Å². The molecule has 1 unspecified atom stereocenters. The van der Waals surface area contributed by atoms with Crippen LogP contribution in [-0.2, 0) is 0 Å². The fraction of sp³-hybridized carbons (Fsp3) is 0.615. The van der Waals surface area contributed by atoms with E-state index in [1.165, 1.54) is 0 Å². The van der Waals surface area contributed by atoms with Gasteiger partial charge in [-0.1, -0.05) is 6.92 Å². The number of hydrogen-bond acceptors (Lipinski definition) is 6. The van der Waals surface area contributed by atoms with Gasteiger partial charge in [-0.25, -0.2) is 4.98 Å². The largest absolute Gasteiger partial charge is 0.351 e. The van der Waals surface area contributed by atoms with Gasteiger partial charge in [-0.3, -0.25) is 9.30 Å². The van der Waals surface area contributed by atoms with E-state index in [9.17, 15) is 0 Å². The Morgan fingerprint density at radius 3 is 2.80 bits per heavy atom. The number of rotatable bonds is 4. The second-order valence-electron chi connectivity index (χ2n) is 5.13. The van der Waals surface area contributed by atoms with Gasteiger partial charge in [0.05, 0.1) is 0 Å². The van der Waals surface area contributed by atoms with Crippen LogP contribution in [0, 0.1) is 0 Å². The maximum Gasteiger partial charge on any atom is 0.203 e. The zero-order valence-corrected chi connectivity index (χ0v) is 11.8. The van der Waals surface area contributed by atoms with E-state index in [1.54, 1.807) is 12.5 Å². The van der Waals surface area contributed by atoms with E-state index in [4.69, 9.17) is 5.73 Å². The van der Waals surface area contributed by atoms with Crippen LogP contribution in [0.4, 0.5) is 5.82 Å². The van der Waals surface area contributed by atoms with Gasteiger partial charge in [-0.05, 0) is 6.42 Å². The molecule has 1 aliphatic rings. The number of aromatic nitrogens is 4. The standard InChI is InChI=1S/C13H21N7/c1-2-11(9-14)18-5-7-19(8-6-18)12-13-17-16-10-20(13)4-3-15-12/h3-4,10-11H,2,5-9,14H2,1H3. The molecule has 1 saturated heterocycles. The van der Waals surface area contributed by atoms with Crippen molar-refractivity contribution in [1.82, 2.24) is 24.5 Å². The maximum absolute atomic E-state index is 5.83. The molecule has 0 amide bonds. The number of hydrogen-bond donors (Lipinski definition) is 1. The molecule has 2 N–H and O–H groups in total. The van der Waals surface area contributed by atoms with Crippen molar-refractivity contribution in [3.8, 4) is 0 Å². The van der Waals surface area contributed by atoms with Crippen molar-refractivity contribution in [3.05, 3.63) is 18.7 Å². The highest BCUT2D eigenvalue weighted by Gasteiger charge is 2.24. The first kappa shape index (κ1) is 13.3. The summed E-state index contributed by atoms with van der Waals surface area (Å²) in [4.78, 5) is 9.23. The molecule has 3 heterocycles. The molecule has 0 aromatic carbocycles. The van der Waals surface area contributed by atoms with E-state index < -0.39 is 0 Å². The molecule has 0 radical (unpaired) electrons. The van der Waals surface area contributed by atoms with Gasteiger partial charge in [-0.2, -0.15) is 0 Å².